The fourth-order valence-corrected chi connectivity index (χ4v) is 2.30. The van der Waals surface area contributed by atoms with Crippen molar-refractivity contribution in [2.45, 2.75) is 44.2 Å². The van der Waals surface area contributed by atoms with Crippen LogP contribution in [0.2, 0.25) is 0 Å². The summed E-state index contributed by atoms with van der Waals surface area (Å²) >= 11 is 0. The van der Waals surface area contributed by atoms with Gasteiger partial charge in [-0.15, -0.1) is 0 Å². The molecule has 2 rings (SSSR count). The Morgan fingerprint density at radius 2 is 2.12 bits per heavy atom. The van der Waals surface area contributed by atoms with E-state index in [-0.39, 0.29) is 5.60 Å². The lowest BCUT2D eigenvalue weighted by Crippen LogP contribution is -2.32. The molecule has 0 radical (unpaired) electrons. The van der Waals surface area contributed by atoms with Crippen LogP contribution in [0.25, 0.3) is 0 Å². The summed E-state index contributed by atoms with van der Waals surface area (Å²) in [7, 11) is 3.59. The number of hydrogen-bond acceptors (Lipinski definition) is 5. The highest BCUT2D eigenvalue weighted by atomic mass is 16.5. The molecule has 0 spiro atoms. The predicted molar refractivity (Wildman–Crippen MR) is 58.8 cm³/mol. The minimum absolute atomic E-state index is 0.312. The van der Waals surface area contributed by atoms with Gasteiger partial charge in [-0.1, -0.05) is 24.4 Å². The van der Waals surface area contributed by atoms with Crippen molar-refractivity contribution in [3.05, 3.63) is 11.7 Å². The Morgan fingerprint density at radius 3 is 2.75 bits per heavy atom. The number of aromatic nitrogens is 2. The SMILES string of the molecule is CNCc1nc(C2(OC)CCCCC2)no1. The second-order valence-electron chi connectivity index (χ2n) is 4.30. The van der Waals surface area contributed by atoms with Crippen LogP contribution in [0.5, 0.6) is 0 Å². The van der Waals surface area contributed by atoms with Crippen molar-refractivity contribution in [3.63, 3.8) is 0 Å². The zero-order valence-electron chi connectivity index (χ0n) is 9.95. The molecular formula is C11H19N3O2. The van der Waals surface area contributed by atoms with Crippen LogP contribution in [0.15, 0.2) is 4.52 Å². The van der Waals surface area contributed by atoms with Gasteiger partial charge in [0.05, 0.1) is 6.54 Å². The standard InChI is InChI=1S/C11H19N3O2/c1-12-8-9-13-10(14-16-9)11(15-2)6-4-3-5-7-11/h12H,3-8H2,1-2H3. The topological polar surface area (TPSA) is 60.2 Å². The summed E-state index contributed by atoms with van der Waals surface area (Å²) in [4.78, 5) is 4.40. The first-order valence-corrected chi connectivity index (χ1v) is 5.83. The van der Waals surface area contributed by atoms with Crippen molar-refractivity contribution in [1.82, 2.24) is 15.5 Å². The molecular weight excluding hydrogens is 206 g/mol. The number of methoxy groups -OCH3 is 1. The largest absolute Gasteiger partial charge is 0.370 e. The summed E-state index contributed by atoms with van der Waals surface area (Å²) in [5.41, 5.74) is -0.312. The van der Waals surface area contributed by atoms with Gasteiger partial charge in [-0.05, 0) is 19.9 Å². The number of rotatable bonds is 4. The summed E-state index contributed by atoms with van der Waals surface area (Å²) in [5, 5.41) is 7.04. The summed E-state index contributed by atoms with van der Waals surface area (Å²) in [6.07, 6.45) is 5.59. The normalized spacial score (nSPS) is 19.9. The van der Waals surface area contributed by atoms with Crippen molar-refractivity contribution in [3.8, 4) is 0 Å². The maximum atomic E-state index is 5.65. The Bertz CT molecular complexity index is 332. The molecule has 5 nitrogen and oxygen atoms in total. The van der Waals surface area contributed by atoms with E-state index in [0.29, 0.717) is 18.3 Å². The van der Waals surface area contributed by atoms with E-state index >= 15 is 0 Å². The van der Waals surface area contributed by atoms with E-state index in [0.717, 1.165) is 12.8 Å². The van der Waals surface area contributed by atoms with Crippen molar-refractivity contribution in [1.29, 1.82) is 0 Å². The smallest absolute Gasteiger partial charge is 0.240 e. The van der Waals surface area contributed by atoms with Crippen LogP contribution in [-0.4, -0.2) is 24.3 Å². The van der Waals surface area contributed by atoms with Gasteiger partial charge in [0.2, 0.25) is 11.7 Å². The molecule has 1 fully saturated rings. The predicted octanol–water partition coefficient (Wildman–Crippen LogP) is 1.59. The fraction of sp³-hybridized carbons (Fsp3) is 0.818. The van der Waals surface area contributed by atoms with Crippen molar-refractivity contribution < 1.29 is 9.26 Å². The van der Waals surface area contributed by atoms with Crippen LogP contribution in [-0.2, 0) is 16.9 Å². The quantitative estimate of drug-likeness (QED) is 0.843. The lowest BCUT2D eigenvalue weighted by molar-refractivity contribution is -0.0527. The lowest BCUT2D eigenvalue weighted by atomic mass is 9.84. The van der Waals surface area contributed by atoms with Crippen LogP contribution >= 0.6 is 0 Å². The summed E-state index contributed by atoms with van der Waals surface area (Å²) in [6, 6.07) is 0. The van der Waals surface area contributed by atoms with E-state index < -0.39 is 0 Å². The van der Waals surface area contributed by atoms with Gasteiger partial charge in [0.15, 0.2) is 0 Å². The molecule has 90 valence electrons. The minimum atomic E-state index is -0.312. The third-order valence-corrected chi connectivity index (χ3v) is 3.26. The van der Waals surface area contributed by atoms with Crippen LogP contribution in [0.3, 0.4) is 0 Å². The van der Waals surface area contributed by atoms with Crippen molar-refractivity contribution in [2.24, 2.45) is 0 Å². The molecule has 0 aromatic carbocycles. The van der Waals surface area contributed by atoms with E-state index in [1.807, 2.05) is 7.05 Å². The summed E-state index contributed by atoms with van der Waals surface area (Å²) in [5.74, 6) is 1.33. The van der Waals surface area contributed by atoms with Crippen LogP contribution in [0.4, 0.5) is 0 Å². The van der Waals surface area contributed by atoms with Gasteiger partial charge in [0.25, 0.3) is 0 Å². The van der Waals surface area contributed by atoms with Gasteiger partial charge in [0.1, 0.15) is 5.60 Å². The Hall–Kier alpha value is -0.940. The average Bonchev–Trinajstić information content (AvgIpc) is 2.80. The first kappa shape index (κ1) is 11.5. The van der Waals surface area contributed by atoms with Gasteiger partial charge in [-0.25, -0.2) is 0 Å². The van der Waals surface area contributed by atoms with E-state index in [1.54, 1.807) is 7.11 Å². The summed E-state index contributed by atoms with van der Waals surface area (Å²) in [6.45, 7) is 0.604. The van der Waals surface area contributed by atoms with Crippen LogP contribution in [0.1, 0.15) is 43.8 Å². The van der Waals surface area contributed by atoms with E-state index in [9.17, 15) is 0 Å². The van der Waals surface area contributed by atoms with Gasteiger partial charge in [-0.3, -0.25) is 0 Å². The molecule has 0 atom stereocenters. The average molecular weight is 225 g/mol. The van der Waals surface area contributed by atoms with Crippen molar-refractivity contribution in [2.75, 3.05) is 14.2 Å². The highest BCUT2D eigenvalue weighted by molar-refractivity contribution is 5.03. The number of ether oxygens (including phenoxy) is 1. The first-order chi connectivity index (χ1) is 7.80. The first-order valence-electron chi connectivity index (χ1n) is 5.83. The van der Waals surface area contributed by atoms with Crippen molar-refractivity contribution >= 4 is 0 Å². The molecule has 1 aliphatic rings. The number of nitrogens with zero attached hydrogens (tertiary/aromatic N) is 2. The molecule has 1 aromatic rings. The molecule has 5 heteroatoms. The third-order valence-electron chi connectivity index (χ3n) is 3.26. The molecule has 0 saturated heterocycles. The fourth-order valence-electron chi connectivity index (χ4n) is 2.30. The second kappa shape index (κ2) is 4.93. The van der Waals surface area contributed by atoms with Gasteiger partial charge in [-0.2, -0.15) is 4.98 Å². The van der Waals surface area contributed by atoms with Gasteiger partial charge >= 0.3 is 0 Å². The Labute approximate surface area is 95.6 Å². The van der Waals surface area contributed by atoms with E-state index in [4.69, 9.17) is 9.26 Å². The zero-order valence-corrected chi connectivity index (χ0v) is 9.95. The van der Waals surface area contributed by atoms with E-state index in [2.05, 4.69) is 15.5 Å². The number of nitrogens with one attached hydrogen (secondary N) is 1. The molecule has 1 aliphatic carbocycles. The molecule has 16 heavy (non-hydrogen) atoms. The minimum Gasteiger partial charge on any atom is -0.370 e. The van der Waals surface area contributed by atoms with Crippen LogP contribution in [0, 0.1) is 0 Å². The lowest BCUT2D eigenvalue weighted by Gasteiger charge is -2.32. The maximum absolute atomic E-state index is 5.65. The highest BCUT2D eigenvalue weighted by Crippen LogP contribution is 2.38. The molecule has 0 aliphatic heterocycles. The molecule has 0 unspecified atom stereocenters. The highest BCUT2D eigenvalue weighted by Gasteiger charge is 2.38. The zero-order chi connectivity index (χ0) is 11.4. The Kier molecular flexibility index (Phi) is 3.56. The Balaban J connectivity index is 2.18. The molecule has 1 heterocycles. The molecule has 0 amide bonds. The van der Waals surface area contributed by atoms with Gasteiger partial charge in [0, 0.05) is 7.11 Å². The molecule has 1 aromatic heterocycles. The summed E-state index contributed by atoms with van der Waals surface area (Å²) < 4.78 is 10.8. The van der Waals surface area contributed by atoms with Crippen LogP contribution < -0.4 is 5.32 Å². The molecule has 1 saturated carbocycles. The third kappa shape index (κ3) is 2.10. The van der Waals surface area contributed by atoms with Gasteiger partial charge < -0.3 is 14.6 Å². The monoisotopic (exact) mass is 225 g/mol. The van der Waals surface area contributed by atoms with E-state index in [1.165, 1.54) is 19.3 Å². The molecule has 1 N–H and O–H groups in total. The number of hydrogen-bond donors (Lipinski definition) is 1. The molecule has 0 bridgehead atoms. The maximum Gasteiger partial charge on any atom is 0.240 e. The Morgan fingerprint density at radius 1 is 1.38 bits per heavy atom. The second-order valence-corrected chi connectivity index (χ2v) is 4.30.